The van der Waals surface area contributed by atoms with Crippen LogP contribution in [0.5, 0.6) is 5.75 Å². The fourth-order valence-electron chi connectivity index (χ4n) is 4.25. The molecular weight excluding hydrogens is 504 g/mol. The van der Waals surface area contributed by atoms with E-state index in [-0.39, 0.29) is 24.5 Å². The summed E-state index contributed by atoms with van der Waals surface area (Å²) in [7, 11) is 0. The molecule has 0 spiro atoms. The number of benzene rings is 2. The number of carbonyl (C=O) groups is 2. The van der Waals surface area contributed by atoms with Crippen LogP contribution in [0, 0.1) is 6.92 Å². The molecular formula is C26H32BrClN2O3. The van der Waals surface area contributed by atoms with Crippen molar-refractivity contribution in [1.29, 1.82) is 0 Å². The van der Waals surface area contributed by atoms with Crippen LogP contribution in [0.15, 0.2) is 46.9 Å². The van der Waals surface area contributed by atoms with Crippen LogP contribution in [0.1, 0.15) is 56.6 Å². The maximum atomic E-state index is 13.4. The second-order valence-corrected chi connectivity index (χ2v) is 9.90. The van der Waals surface area contributed by atoms with Crippen molar-refractivity contribution in [3.05, 3.63) is 63.1 Å². The Labute approximate surface area is 210 Å². The fraction of sp³-hybridized carbons (Fsp3) is 0.462. The molecule has 33 heavy (non-hydrogen) atoms. The average Bonchev–Trinajstić information content (AvgIpc) is 2.80. The number of hydrogen-bond acceptors (Lipinski definition) is 3. The summed E-state index contributed by atoms with van der Waals surface area (Å²) in [5.41, 5.74) is 2.09. The van der Waals surface area contributed by atoms with Gasteiger partial charge in [-0.05, 0) is 55.5 Å². The summed E-state index contributed by atoms with van der Waals surface area (Å²) in [4.78, 5) is 28.3. The van der Waals surface area contributed by atoms with Gasteiger partial charge in [0.05, 0.1) is 5.02 Å². The number of halogens is 2. The molecule has 0 aromatic heterocycles. The zero-order chi connectivity index (χ0) is 23.8. The van der Waals surface area contributed by atoms with E-state index >= 15 is 0 Å². The molecule has 1 unspecified atom stereocenters. The Kier molecular flexibility index (Phi) is 9.63. The van der Waals surface area contributed by atoms with Crippen molar-refractivity contribution in [2.45, 2.75) is 71.0 Å². The highest BCUT2D eigenvalue weighted by molar-refractivity contribution is 9.10. The van der Waals surface area contributed by atoms with Gasteiger partial charge in [-0.25, -0.2) is 0 Å². The second kappa shape index (κ2) is 12.4. The predicted octanol–water partition coefficient (Wildman–Crippen LogP) is 6.05. The van der Waals surface area contributed by atoms with E-state index in [2.05, 4.69) is 21.2 Å². The topological polar surface area (TPSA) is 58.6 Å². The third-order valence-corrected chi connectivity index (χ3v) is 6.97. The highest BCUT2D eigenvalue weighted by Gasteiger charge is 2.31. The van der Waals surface area contributed by atoms with Crippen LogP contribution in [0.2, 0.25) is 5.02 Å². The Morgan fingerprint density at radius 1 is 1.18 bits per heavy atom. The fourth-order valence-corrected chi connectivity index (χ4v) is 4.98. The molecule has 1 N–H and O–H groups in total. The molecule has 2 amide bonds. The molecule has 0 aliphatic heterocycles. The molecule has 2 aromatic carbocycles. The Morgan fingerprint density at radius 3 is 2.58 bits per heavy atom. The maximum Gasteiger partial charge on any atom is 0.261 e. The first-order valence-corrected chi connectivity index (χ1v) is 12.8. The van der Waals surface area contributed by atoms with E-state index in [9.17, 15) is 9.59 Å². The van der Waals surface area contributed by atoms with E-state index in [1.165, 1.54) is 6.42 Å². The van der Waals surface area contributed by atoms with Crippen molar-refractivity contribution in [2.24, 2.45) is 0 Å². The van der Waals surface area contributed by atoms with Crippen LogP contribution in [-0.4, -0.2) is 35.4 Å². The molecule has 1 fully saturated rings. The first kappa shape index (κ1) is 25.6. The summed E-state index contributed by atoms with van der Waals surface area (Å²) in [6.45, 7) is 4.11. The number of aryl methyl sites for hydroxylation is 1. The molecule has 0 saturated heterocycles. The molecule has 1 aliphatic rings. The Balaban J connectivity index is 1.78. The third kappa shape index (κ3) is 7.21. The van der Waals surface area contributed by atoms with E-state index in [1.54, 1.807) is 17.0 Å². The molecule has 1 aliphatic carbocycles. The zero-order valence-electron chi connectivity index (χ0n) is 19.3. The predicted molar refractivity (Wildman–Crippen MR) is 135 cm³/mol. The van der Waals surface area contributed by atoms with Crippen molar-refractivity contribution in [2.75, 3.05) is 6.61 Å². The van der Waals surface area contributed by atoms with Gasteiger partial charge in [0.25, 0.3) is 5.91 Å². The van der Waals surface area contributed by atoms with Gasteiger partial charge in [-0.15, -0.1) is 0 Å². The van der Waals surface area contributed by atoms with Crippen molar-refractivity contribution >= 4 is 39.3 Å². The van der Waals surface area contributed by atoms with Gasteiger partial charge in [0.2, 0.25) is 5.91 Å². The van der Waals surface area contributed by atoms with E-state index in [0.717, 1.165) is 41.3 Å². The summed E-state index contributed by atoms with van der Waals surface area (Å²) in [5, 5.41) is 3.62. The lowest BCUT2D eigenvalue weighted by molar-refractivity contribution is -0.143. The first-order valence-electron chi connectivity index (χ1n) is 11.6. The summed E-state index contributed by atoms with van der Waals surface area (Å²) < 4.78 is 6.58. The molecule has 2 aromatic rings. The standard InChI is InChI=1S/C26H32BrClN2O3/c1-3-23(26(32)29-21-11-5-4-6-12-21)30(16-19-10-8-7-9-18(19)2)25(31)17-33-24-14-13-20(27)15-22(24)28/h7-10,13-15,21,23H,3-6,11-12,16-17H2,1-2H3,(H,29,32). The molecule has 7 heteroatoms. The molecule has 0 bridgehead atoms. The minimum atomic E-state index is -0.567. The molecule has 5 nitrogen and oxygen atoms in total. The van der Waals surface area contributed by atoms with E-state index < -0.39 is 6.04 Å². The Bertz CT molecular complexity index is 962. The maximum absolute atomic E-state index is 13.4. The molecule has 0 heterocycles. The quantitative estimate of drug-likeness (QED) is 0.425. The summed E-state index contributed by atoms with van der Waals surface area (Å²) in [5.74, 6) is 0.0969. The lowest BCUT2D eigenvalue weighted by atomic mass is 9.95. The van der Waals surface area contributed by atoms with Gasteiger partial charge >= 0.3 is 0 Å². The van der Waals surface area contributed by atoms with Crippen LogP contribution in [0.4, 0.5) is 0 Å². The Morgan fingerprint density at radius 2 is 1.91 bits per heavy atom. The number of carbonyl (C=O) groups excluding carboxylic acids is 2. The van der Waals surface area contributed by atoms with E-state index in [0.29, 0.717) is 23.7 Å². The first-order chi connectivity index (χ1) is 15.9. The molecule has 3 rings (SSSR count). The zero-order valence-corrected chi connectivity index (χ0v) is 21.6. The highest BCUT2D eigenvalue weighted by Crippen LogP contribution is 2.28. The Hall–Kier alpha value is -2.05. The summed E-state index contributed by atoms with van der Waals surface area (Å²) in [6, 6.07) is 12.8. The van der Waals surface area contributed by atoms with Gasteiger partial charge in [0.1, 0.15) is 11.8 Å². The van der Waals surface area contributed by atoms with Gasteiger partial charge in [0, 0.05) is 17.1 Å². The normalized spacial score (nSPS) is 15.0. The van der Waals surface area contributed by atoms with Crippen molar-refractivity contribution in [3.8, 4) is 5.75 Å². The third-order valence-electron chi connectivity index (χ3n) is 6.18. The number of rotatable bonds is 9. The number of ether oxygens (including phenoxy) is 1. The minimum Gasteiger partial charge on any atom is -0.482 e. The van der Waals surface area contributed by atoms with Crippen LogP contribution in [-0.2, 0) is 16.1 Å². The van der Waals surface area contributed by atoms with Gasteiger partial charge in [0.15, 0.2) is 6.61 Å². The van der Waals surface area contributed by atoms with Gasteiger partial charge in [-0.2, -0.15) is 0 Å². The van der Waals surface area contributed by atoms with E-state index in [4.69, 9.17) is 16.3 Å². The average molecular weight is 536 g/mol. The minimum absolute atomic E-state index is 0.0898. The molecule has 1 atom stereocenters. The van der Waals surface area contributed by atoms with Gasteiger partial charge in [-0.3, -0.25) is 9.59 Å². The number of nitrogens with zero attached hydrogens (tertiary/aromatic N) is 1. The van der Waals surface area contributed by atoms with Gasteiger partial charge < -0.3 is 15.0 Å². The monoisotopic (exact) mass is 534 g/mol. The van der Waals surface area contributed by atoms with Crippen LogP contribution < -0.4 is 10.1 Å². The van der Waals surface area contributed by atoms with Crippen LogP contribution >= 0.6 is 27.5 Å². The van der Waals surface area contributed by atoms with Crippen molar-refractivity contribution in [3.63, 3.8) is 0 Å². The highest BCUT2D eigenvalue weighted by atomic mass is 79.9. The summed E-state index contributed by atoms with van der Waals surface area (Å²) in [6.07, 6.45) is 6.01. The van der Waals surface area contributed by atoms with Crippen LogP contribution in [0.25, 0.3) is 0 Å². The smallest absolute Gasteiger partial charge is 0.261 e. The lowest BCUT2D eigenvalue weighted by Crippen LogP contribution is -2.52. The lowest BCUT2D eigenvalue weighted by Gasteiger charge is -2.33. The number of amides is 2. The molecule has 1 saturated carbocycles. The largest absolute Gasteiger partial charge is 0.482 e. The molecule has 0 radical (unpaired) electrons. The summed E-state index contributed by atoms with van der Waals surface area (Å²) >= 11 is 9.62. The van der Waals surface area contributed by atoms with Crippen molar-refractivity contribution in [1.82, 2.24) is 10.2 Å². The van der Waals surface area contributed by atoms with Gasteiger partial charge in [-0.1, -0.05) is 78.0 Å². The number of hydrogen-bond donors (Lipinski definition) is 1. The van der Waals surface area contributed by atoms with Crippen LogP contribution in [0.3, 0.4) is 0 Å². The number of nitrogens with one attached hydrogen (secondary N) is 1. The van der Waals surface area contributed by atoms with E-state index in [1.807, 2.05) is 44.2 Å². The SMILES string of the molecule is CCC(C(=O)NC1CCCCC1)N(Cc1ccccc1C)C(=O)COc1ccc(Br)cc1Cl. The van der Waals surface area contributed by atoms with Crippen molar-refractivity contribution < 1.29 is 14.3 Å². The second-order valence-electron chi connectivity index (χ2n) is 8.58. The molecule has 178 valence electrons.